The highest BCUT2D eigenvalue weighted by atomic mass is 32.2. The highest BCUT2D eigenvalue weighted by Gasteiger charge is 2.31. The van der Waals surface area contributed by atoms with Crippen LogP contribution in [0, 0.1) is 0 Å². The smallest absolute Gasteiger partial charge is 0.266 e. The summed E-state index contributed by atoms with van der Waals surface area (Å²) in [4.78, 5) is 16.5. The molecule has 106 valence electrons. The van der Waals surface area contributed by atoms with E-state index in [2.05, 4.69) is 0 Å². The number of thioether (sulfide) groups is 1. The minimum Gasteiger partial charge on any atom is -0.465 e. The zero-order valence-electron chi connectivity index (χ0n) is 11.4. The molecule has 0 radical (unpaired) electrons. The molecule has 0 atom stereocenters. The monoisotopic (exact) mass is 308 g/mol. The molecule has 0 aromatic carbocycles. The predicted molar refractivity (Wildman–Crippen MR) is 86.3 cm³/mol. The molecule has 0 saturated carbocycles. The Bertz CT molecular complexity index is 548. The van der Waals surface area contributed by atoms with Crippen LogP contribution in [0.25, 0.3) is 6.08 Å². The van der Waals surface area contributed by atoms with E-state index in [4.69, 9.17) is 16.6 Å². The summed E-state index contributed by atoms with van der Waals surface area (Å²) < 4.78 is 5.80. The van der Waals surface area contributed by atoms with Crippen molar-refractivity contribution in [3.05, 3.63) is 41.2 Å². The van der Waals surface area contributed by atoms with Crippen LogP contribution in [0.1, 0.15) is 5.76 Å². The van der Waals surface area contributed by atoms with E-state index < -0.39 is 0 Å². The summed E-state index contributed by atoms with van der Waals surface area (Å²) in [5.41, 5.74) is 0. The number of nitrogens with zero attached hydrogens (tertiary/aromatic N) is 2. The number of rotatable bonds is 5. The molecular weight excluding hydrogens is 292 g/mol. The van der Waals surface area contributed by atoms with Crippen LogP contribution in [0.15, 0.2) is 39.9 Å². The van der Waals surface area contributed by atoms with E-state index in [0.717, 1.165) is 12.3 Å². The molecular formula is C14H16N2O2S2. The van der Waals surface area contributed by atoms with Crippen molar-refractivity contribution in [2.24, 2.45) is 0 Å². The maximum Gasteiger partial charge on any atom is 0.266 e. The van der Waals surface area contributed by atoms with Crippen molar-refractivity contribution in [2.75, 3.05) is 27.2 Å². The molecule has 1 aromatic heterocycles. The molecule has 0 bridgehead atoms. The second-order valence-electron chi connectivity index (χ2n) is 4.53. The number of amides is 1. The van der Waals surface area contributed by atoms with Gasteiger partial charge in [-0.15, -0.1) is 0 Å². The summed E-state index contributed by atoms with van der Waals surface area (Å²) in [6.07, 6.45) is 7.00. The Labute approximate surface area is 128 Å². The molecule has 6 heteroatoms. The fourth-order valence-corrected chi connectivity index (χ4v) is 2.88. The van der Waals surface area contributed by atoms with Gasteiger partial charge < -0.3 is 9.32 Å². The van der Waals surface area contributed by atoms with E-state index in [1.54, 1.807) is 23.3 Å². The lowest BCUT2D eigenvalue weighted by Gasteiger charge is -2.17. The summed E-state index contributed by atoms with van der Waals surface area (Å²) in [5.74, 6) is 0.732. The average molecular weight is 308 g/mol. The Hall–Kier alpha value is -1.37. The lowest BCUT2D eigenvalue weighted by Crippen LogP contribution is -2.34. The van der Waals surface area contributed by atoms with Gasteiger partial charge in [-0.2, -0.15) is 0 Å². The van der Waals surface area contributed by atoms with Crippen LogP contribution >= 0.6 is 24.0 Å². The van der Waals surface area contributed by atoms with Crippen molar-refractivity contribution in [3.63, 3.8) is 0 Å². The lowest BCUT2D eigenvalue weighted by molar-refractivity contribution is -0.122. The fraction of sp³-hybridized carbons (Fsp3) is 0.286. The van der Waals surface area contributed by atoms with Gasteiger partial charge in [0, 0.05) is 13.1 Å². The molecule has 0 unspecified atom stereocenters. The minimum absolute atomic E-state index is 0.0223. The number of thiocarbonyl (C=S) groups is 1. The third kappa shape index (κ3) is 3.82. The van der Waals surface area contributed by atoms with Crippen LogP contribution in [0.3, 0.4) is 0 Å². The highest BCUT2D eigenvalue weighted by molar-refractivity contribution is 8.26. The van der Waals surface area contributed by atoms with Crippen molar-refractivity contribution in [1.82, 2.24) is 9.80 Å². The number of carbonyl (C=O) groups is 1. The van der Waals surface area contributed by atoms with Crippen LogP contribution in [0.5, 0.6) is 0 Å². The Kier molecular flexibility index (Phi) is 5.17. The Morgan fingerprint density at radius 3 is 2.95 bits per heavy atom. The quantitative estimate of drug-likeness (QED) is 0.617. The lowest BCUT2D eigenvalue weighted by atomic mass is 10.3. The Morgan fingerprint density at radius 2 is 2.30 bits per heavy atom. The zero-order valence-corrected chi connectivity index (χ0v) is 13.0. The average Bonchev–Trinajstić information content (AvgIpc) is 2.98. The molecule has 1 amide bonds. The van der Waals surface area contributed by atoms with E-state index >= 15 is 0 Å². The molecule has 0 spiro atoms. The number of furan rings is 1. The van der Waals surface area contributed by atoms with Gasteiger partial charge in [0.2, 0.25) is 0 Å². The van der Waals surface area contributed by atoms with Gasteiger partial charge in [-0.1, -0.05) is 30.1 Å². The number of hydrogen-bond acceptors (Lipinski definition) is 5. The maximum absolute atomic E-state index is 12.2. The molecule has 2 rings (SSSR count). The Balaban J connectivity index is 2.00. The van der Waals surface area contributed by atoms with Crippen molar-refractivity contribution < 1.29 is 9.21 Å². The standard InChI is InChI=1S/C14H16N2O2S2/c1-15(2)8-9-16-13(17)12(20-14(16)19)7-3-5-11-6-4-10-18-11/h3-7,10H,8-9H2,1-2H3/b5-3+,12-7+. The van der Waals surface area contributed by atoms with Crippen LogP contribution in [0.2, 0.25) is 0 Å². The molecule has 1 aliphatic rings. The fourth-order valence-electron chi connectivity index (χ4n) is 1.62. The van der Waals surface area contributed by atoms with Gasteiger partial charge in [-0.3, -0.25) is 9.69 Å². The van der Waals surface area contributed by atoms with Gasteiger partial charge in [-0.25, -0.2) is 0 Å². The molecule has 0 aliphatic carbocycles. The minimum atomic E-state index is -0.0223. The van der Waals surface area contributed by atoms with Crippen LogP contribution in [-0.4, -0.2) is 47.2 Å². The number of likely N-dealkylation sites (N-methyl/N-ethyl adjacent to an activating group) is 1. The summed E-state index contributed by atoms with van der Waals surface area (Å²) >= 11 is 6.58. The molecule has 1 saturated heterocycles. The number of carbonyl (C=O) groups excluding carboxylic acids is 1. The Morgan fingerprint density at radius 1 is 1.50 bits per heavy atom. The SMILES string of the molecule is CN(C)CCN1C(=O)/C(=C\C=C\c2ccco2)SC1=S. The van der Waals surface area contributed by atoms with E-state index in [1.807, 2.05) is 37.2 Å². The molecule has 1 aliphatic heterocycles. The second-order valence-corrected chi connectivity index (χ2v) is 6.21. The van der Waals surface area contributed by atoms with Crippen LogP contribution < -0.4 is 0 Å². The number of allylic oxidation sites excluding steroid dienone is 2. The van der Waals surface area contributed by atoms with E-state index in [1.165, 1.54) is 11.8 Å². The van der Waals surface area contributed by atoms with E-state index in [-0.39, 0.29) is 5.91 Å². The van der Waals surface area contributed by atoms with Gasteiger partial charge in [-0.05, 0) is 38.4 Å². The summed E-state index contributed by atoms with van der Waals surface area (Å²) in [7, 11) is 3.94. The molecule has 2 heterocycles. The van der Waals surface area contributed by atoms with Gasteiger partial charge in [0.15, 0.2) is 0 Å². The summed E-state index contributed by atoms with van der Waals surface area (Å²) in [6, 6.07) is 3.67. The van der Waals surface area contributed by atoms with Crippen molar-refractivity contribution in [1.29, 1.82) is 0 Å². The largest absolute Gasteiger partial charge is 0.465 e. The van der Waals surface area contributed by atoms with Gasteiger partial charge in [0.25, 0.3) is 5.91 Å². The van der Waals surface area contributed by atoms with Crippen molar-refractivity contribution in [2.45, 2.75) is 0 Å². The first-order valence-corrected chi connectivity index (χ1v) is 7.40. The van der Waals surface area contributed by atoms with Crippen LogP contribution in [0.4, 0.5) is 0 Å². The first kappa shape index (κ1) is 15.0. The van der Waals surface area contributed by atoms with Gasteiger partial charge in [0.05, 0.1) is 11.2 Å². The maximum atomic E-state index is 12.2. The van der Waals surface area contributed by atoms with E-state index in [9.17, 15) is 4.79 Å². The molecule has 4 nitrogen and oxygen atoms in total. The molecule has 0 N–H and O–H groups in total. The van der Waals surface area contributed by atoms with Crippen LogP contribution in [-0.2, 0) is 4.79 Å². The first-order valence-electron chi connectivity index (χ1n) is 6.18. The molecule has 20 heavy (non-hydrogen) atoms. The number of hydrogen-bond donors (Lipinski definition) is 0. The zero-order chi connectivity index (χ0) is 14.5. The summed E-state index contributed by atoms with van der Waals surface area (Å²) in [6.45, 7) is 1.42. The van der Waals surface area contributed by atoms with Crippen molar-refractivity contribution in [3.8, 4) is 0 Å². The van der Waals surface area contributed by atoms with E-state index in [0.29, 0.717) is 15.8 Å². The third-order valence-corrected chi connectivity index (χ3v) is 4.09. The topological polar surface area (TPSA) is 36.7 Å². The molecule has 1 fully saturated rings. The van der Waals surface area contributed by atoms with Gasteiger partial charge >= 0.3 is 0 Å². The second kappa shape index (κ2) is 6.88. The van der Waals surface area contributed by atoms with Gasteiger partial charge in [0.1, 0.15) is 10.1 Å². The first-order chi connectivity index (χ1) is 9.58. The normalized spacial score (nSPS) is 18.1. The highest BCUT2D eigenvalue weighted by Crippen LogP contribution is 2.30. The third-order valence-electron chi connectivity index (χ3n) is 2.70. The predicted octanol–water partition coefficient (Wildman–Crippen LogP) is 2.60. The molecule has 1 aromatic rings. The summed E-state index contributed by atoms with van der Waals surface area (Å²) in [5, 5.41) is 0. The van der Waals surface area contributed by atoms with Crippen molar-refractivity contribution >= 4 is 40.3 Å².